The molecule has 0 atom stereocenters. The minimum Gasteiger partial charge on any atom is -0.345 e. The van der Waals surface area contributed by atoms with Crippen LogP contribution in [0.4, 0.5) is 0 Å². The van der Waals surface area contributed by atoms with E-state index in [0.29, 0.717) is 10.6 Å². The van der Waals surface area contributed by atoms with Crippen LogP contribution >= 0.6 is 24.2 Å². The molecule has 1 aliphatic heterocycles. The van der Waals surface area contributed by atoms with E-state index in [1.165, 1.54) is 50.1 Å². The van der Waals surface area contributed by atoms with Crippen LogP contribution in [0.3, 0.4) is 0 Å². The maximum Gasteiger partial charge on any atom is 0.254 e. The average molecular weight is 357 g/mol. The van der Waals surface area contributed by atoms with E-state index < -0.39 is 0 Å². The number of rotatable bonds is 1. The molecule has 0 bridgehead atoms. The molecule has 3 rings (SSSR count). The van der Waals surface area contributed by atoms with E-state index in [9.17, 15) is 4.79 Å². The summed E-state index contributed by atoms with van der Waals surface area (Å²) in [7, 11) is 3.38. The molecule has 1 aromatic carbocycles. The van der Waals surface area contributed by atoms with Crippen LogP contribution in [0.1, 0.15) is 49.4 Å². The Bertz CT molecular complexity index is 474. The van der Waals surface area contributed by atoms with Crippen molar-refractivity contribution in [2.75, 3.05) is 27.2 Å². The Labute approximate surface area is 151 Å². The lowest BCUT2D eigenvalue weighted by Gasteiger charge is -2.11. The molecule has 3 nitrogen and oxygen atoms in total. The Morgan fingerprint density at radius 1 is 1.22 bits per heavy atom. The highest BCUT2D eigenvalue weighted by atomic mass is 35.5. The Morgan fingerprint density at radius 2 is 1.78 bits per heavy atom. The first-order chi connectivity index (χ1) is 10.9. The lowest BCUT2D eigenvalue weighted by molar-refractivity contribution is 0.0827. The van der Waals surface area contributed by atoms with E-state index in [1.54, 1.807) is 32.3 Å². The fourth-order valence-electron chi connectivity index (χ4n) is 1.89. The van der Waals surface area contributed by atoms with Crippen LogP contribution < -0.4 is 5.32 Å². The van der Waals surface area contributed by atoms with Gasteiger partial charge >= 0.3 is 0 Å². The molecule has 1 aliphatic carbocycles. The number of amides is 1. The largest absolute Gasteiger partial charge is 0.345 e. The molecule has 0 aromatic heterocycles. The van der Waals surface area contributed by atoms with Gasteiger partial charge in [-0.15, -0.1) is 12.6 Å². The average Bonchev–Trinajstić information content (AvgIpc) is 3.32. The molecular weight excluding hydrogens is 328 g/mol. The first-order valence-corrected chi connectivity index (χ1v) is 9.15. The molecule has 23 heavy (non-hydrogen) atoms. The summed E-state index contributed by atoms with van der Waals surface area (Å²) in [5.41, 5.74) is 0.504. The number of nitrogens with zero attached hydrogens (tertiary/aromatic N) is 1. The van der Waals surface area contributed by atoms with E-state index >= 15 is 0 Å². The van der Waals surface area contributed by atoms with Gasteiger partial charge in [0.25, 0.3) is 5.91 Å². The minimum absolute atomic E-state index is 0.0988. The molecule has 1 amide bonds. The van der Waals surface area contributed by atoms with Gasteiger partial charge in [0.05, 0.1) is 10.6 Å². The third-order valence-corrected chi connectivity index (χ3v) is 4.25. The van der Waals surface area contributed by atoms with E-state index in [4.69, 9.17) is 11.6 Å². The number of benzene rings is 1. The number of nitrogens with one attached hydrogen (secondary N) is 1. The van der Waals surface area contributed by atoms with Crippen molar-refractivity contribution < 1.29 is 4.79 Å². The highest BCUT2D eigenvalue weighted by molar-refractivity contribution is 7.80. The molecule has 0 unspecified atom stereocenters. The van der Waals surface area contributed by atoms with Crippen LogP contribution in [0.25, 0.3) is 0 Å². The van der Waals surface area contributed by atoms with Crippen LogP contribution in [-0.2, 0) is 0 Å². The summed E-state index contributed by atoms with van der Waals surface area (Å²) in [5, 5.41) is 3.72. The predicted octanol–water partition coefficient (Wildman–Crippen LogP) is 4.51. The molecule has 130 valence electrons. The zero-order valence-corrected chi connectivity index (χ0v) is 16.1. The van der Waals surface area contributed by atoms with Crippen LogP contribution in [0, 0.1) is 5.92 Å². The molecule has 2 aliphatic rings. The van der Waals surface area contributed by atoms with Gasteiger partial charge in [-0.2, -0.15) is 0 Å². The fourth-order valence-corrected chi connectivity index (χ4v) is 2.43. The first kappa shape index (κ1) is 20.3. The van der Waals surface area contributed by atoms with Crippen LogP contribution in [0.15, 0.2) is 23.1 Å². The van der Waals surface area contributed by atoms with Crippen molar-refractivity contribution in [2.24, 2.45) is 5.92 Å². The van der Waals surface area contributed by atoms with E-state index in [1.807, 2.05) is 0 Å². The quantitative estimate of drug-likeness (QED) is 0.726. The van der Waals surface area contributed by atoms with Crippen molar-refractivity contribution in [2.45, 2.75) is 43.9 Å². The minimum atomic E-state index is -0.0988. The van der Waals surface area contributed by atoms with Gasteiger partial charge in [0.1, 0.15) is 0 Å². The molecule has 0 spiro atoms. The third kappa shape index (κ3) is 9.23. The van der Waals surface area contributed by atoms with Crippen LogP contribution in [-0.4, -0.2) is 38.0 Å². The van der Waals surface area contributed by atoms with Crippen molar-refractivity contribution in [1.29, 1.82) is 0 Å². The second-order valence-electron chi connectivity index (χ2n) is 6.36. The van der Waals surface area contributed by atoms with Crippen molar-refractivity contribution in [1.82, 2.24) is 10.2 Å². The highest BCUT2D eigenvalue weighted by Crippen LogP contribution is 2.26. The SMILES string of the molecule is C1CCNCC1.CC1CC1.CN(C)C(=O)c1ccc(S)cc1Cl. The number of hydrogen-bond donors (Lipinski definition) is 2. The van der Waals surface area contributed by atoms with Gasteiger partial charge in [-0.3, -0.25) is 4.79 Å². The molecule has 2 fully saturated rings. The first-order valence-electron chi connectivity index (χ1n) is 8.32. The van der Waals surface area contributed by atoms with Gasteiger partial charge in [-0.25, -0.2) is 0 Å². The van der Waals surface area contributed by atoms with Gasteiger partial charge in [0.15, 0.2) is 0 Å². The van der Waals surface area contributed by atoms with Crippen LogP contribution in [0.5, 0.6) is 0 Å². The maximum atomic E-state index is 11.5. The Kier molecular flexibility index (Phi) is 9.68. The van der Waals surface area contributed by atoms with Crippen molar-refractivity contribution in [3.8, 4) is 0 Å². The monoisotopic (exact) mass is 356 g/mol. The van der Waals surface area contributed by atoms with Gasteiger partial charge < -0.3 is 10.2 Å². The molecule has 0 radical (unpaired) electrons. The topological polar surface area (TPSA) is 32.3 Å². The number of hydrogen-bond acceptors (Lipinski definition) is 3. The smallest absolute Gasteiger partial charge is 0.254 e. The number of thiol groups is 1. The number of piperidine rings is 1. The molecule has 1 aromatic rings. The second-order valence-corrected chi connectivity index (χ2v) is 7.28. The number of halogens is 1. The molecule has 1 heterocycles. The van der Waals surface area contributed by atoms with Gasteiger partial charge in [0.2, 0.25) is 0 Å². The van der Waals surface area contributed by atoms with E-state index in [2.05, 4.69) is 24.9 Å². The van der Waals surface area contributed by atoms with E-state index in [-0.39, 0.29) is 5.91 Å². The number of carbonyl (C=O) groups excluding carboxylic acids is 1. The zero-order chi connectivity index (χ0) is 17.2. The molecule has 5 heteroatoms. The third-order valence-electron chi connectivity index (χ3n) is 3.66. The standard InChI is InChI=1S/C9H10ClNOS.C5H11N.C4H8/c1-11(2)9(12)7-4-3-6(13)5-8(7)10;1-2-4-6-5-3-1;1-4-2-3-4/h3-5,13H,1-2H3;6H,1-5H2;4H,2-3H2,1H3. The Hall–Kier alpha value is -0.710. The van der Waals surface area contributed by atoms with Gasteiger partial charge in [-0.1, -0.05) is 37.8 Å². The zero-order valence-electron chi connectivity index (χ0n) is 14.4. The van der Waals surface area contributed by atoms with Gasteiger partial charge in [0, 0.05) is 19.0 Å². The molecule has 1 N–H and O–H groups in total. The van der Waals surface area contributed by atoms with Crippen molar-refractivity contribution >= 4 is 30.1 Å². The lowest BCUT2D eigenvalue weighted by atomic mass is 10.2. The van der Waals surface area contributed by atoms with Crippen LogP contribution in [0.2, 0.25) is 5.02 Å². The van der Waals surface area contributed by atoms with E-state index in [0.717, 1.165) is 10.8 Å². The fraction of sp³-hybridized carbons (Fsp3) is 0.611. The summed E-state index contributed by atoms with van der Waals surface area (Å²) in [4.78, 5) is 13.7. The summed E-state index contributed by atoms with van der Waals surface area (Å²) in [5.74, 6) is 0.985. The highest BCUT2D eigenvalue weighted by Gasteiger charge is 2.12. The lowest BCUT2D eigenvalue weighted by Crippen LogP contribution is -2.21. The summed E-state index contributed by atoms with van der Waals surface area (Å²) < 4.78 is 0. The second kappa shape index (κ2) is 11.0. The Balaban J connectivity index is 0.000000214. The molecular formula is C18H29ClN2OS. The summed E-state index contributed by atoms with van der Waals surface area (Å²) in [6.07, 6.45) is 7.19. The Morgan fingerprint density at radius 3 is 2.09 bits per heavy atom. The maximum absolute atomic E-state index is 11.5. The summed E-state index contributed by atoms with van der Waals surface area (Å²) in [6.45, 7) is 4.78. The summed E-state index contributed by atoms with van der Waals surface area (Å²) >= 11 is 9.98. The molecule has 1 saturated heterocycles. The van der Waals surface area contributed by atoms with Crippen molar-refractivity contribution in [3.63, 3.8) is 0 Å². The van der Waals surface area contributed by atoms with Gasteiger partial charge in [-0.05, 0) is 50.0 Å². The summed E-state index contributed by atoms with van der Waals surface area (Å²) in [6, 6.07) is 5.07. The van der Waals surface area contributed by atoms with Crippen molar-refractivity contribution in [3.05, 3.63) is 28.8 Å². The number of carbonyl (C=O) groups is 1. The normalized spacial score (nSPS) is 16.4. The molecule has 1 saturated carbocycles. The predicted molar refractivity (Wildman–Crippen MR) is 102 cm³/mol.